The number of nitrogens with two attached hydrogens (primary N) is 1. The van der Waals surface area contributed by atoms with Gasteiger partial charge in [0.25, 0.3) is 5.56 Å². The SMILES string of the molecule is Cc1cccc2c(=O)n(CC(N)=O)cnc12. The Morgan fingerprint density at radius 1 is 1.50 bits per heavy atom. The van der Waals surface area contributed by atoms with Gasteiger partial charge in [0.15, 0.2) is 0 Å². The molecule has 1 aromatic carbocycles. The molecule has 5 nitrogen and oxygen atoms in total. The number of rotatable bonds is 2. The summed E-state index contributed by atoms with van der Waals surface area (Å²) in [6, 6.07) is 5.36. The van der Waals surface area contributed by atoms with Crippen molar-refractivity contribution in [3.63, 3.8) is 0 Å². The van der Waals surface area contributed by atoms with E-state index in [0.29, 0.717) is 10.9 Å². The van der Waals surface area contributed by atoms with Crippen LogP contribution in [0.1, 0.15) is 5.56 Å². The van der Waals surface area contributed by atoms with Gasteiger partial charge < -0.3 is 5.73 Å². The fourth-order valence-electron chi connectivity index (χ4n) is 1.62. The van der Waals surface area contributed by atoms with Crippen molar-refractivity contribution in [1.82, 2.24) is 9.55 Å². The number of benzene rings is 1. The minimum atomic E-state index is -0.559. The summed E-state index contributed by atoms with van der Waals surface area (Å²) in [7, 11) is 0. The maximum atomic E-state index is 11.9. The second-order valence-corrected chi connectivity index (χ2v) is 3.62. The minimum absolute atomic E-state index is 0.143. The van der Waals surface area contributed by atoms with Crippen LogP contribution < -0.4 is 11.3 Å². The topological polar surface area (TPSA) is 78.0 Å². The monoisotopic (exact) mass is 217 g/mol. The molecule has 1 amide bonds. The summed E-state index contributed by atoms with van der Waals surface area (Å²) in [5, 5.41) is 0.503. The number of hydrogen-bond acceptors (Lipinski definition) is 3. The maximum Gasteiger partial charge on any atom is 0.261 e. The van der Waals surface area contributed by atoms with Gasteiger partial charge in [-0.2, -0.15) is 0 Å². The van der Waals surface area contributed by atoms with Gasteiger partial charge in [0.2, 0.25) is 5.91 Å². The number of nitrogens with zero attached hydrogens (tertiary/aromatic N) is 2. The zero-order chi connectivity index (χ0) is 11.7. The summed E-state index contributed by atoms with van der Waals surface area (Å²) in [5.74, 6) is -0.559. The second kappa shape index (κ2) is 3.77. The van der Waals surface area contributed by atoms with E-state index in [9.17, 15) is 9.59 Å². The van der Waals surface area contributed by atoms with Crippen molar-refractivity contribution >= 4 is 16.8 Å². The first-order chi connectivity index (χ1) is 7.59. The van der Waals surface area contributed by atoms with Crippen LogP contribution in [-0.2, 0) is 11.3 Å². The summed E-state index contributed by atoms with van der Waals surface area (Å²) >= 11 is 0. The van der Waals surface area contributed by atoms with Crippen molar-refractivity contribution in [3.05, 3.63) is 40.4 Å². The van der Waals surface area contributed by atoms with Crippen molar-refractivity contribution in [3.8, 4) is 0 Å². The van der Waals surface area contributed by atoms with E-state index in [4.69, 9.17) is 5.73 Å². The molecule has 0 saturated carbocycles. The summed E-state index contributed by atoms with van der Waals surface area (Å²) in [5.41, 5.74) is 6.39. The largest absolute Gasteiger partial charge is 0.368 e. The van der Waals surface area contributed by atoms with E-state index < -0.39 is 5.91 Å². The van der Waals surface area contributed by atoms with E-state index in [-0.39, 0.29) is 12.1 Å². The fraction of sp³-hybridized carbons (Fsp3) is 0.182. The Kier molecular flexibility index (Phi) is 2.44. The molecule has 0 bridgehead atoms. The van der Waals surface area contributed by atoms with Crippen LogP contribution in [-0.4, -0.2) is 15.5 Å². The van der Waals surface area contributed by atoms with Gasteiger partial charge in [0.1, 0.15) is 6.54 Å². The molecule has 1 aromatic heterocycles. The normalized spacial score (nSPS) is 10.6. The average molecular weight is 217 g/mol. The van der Waals surface area contributed by atoms with Crippen LogP contribution >= 0.6 is 0 Å². The van der Waals surface area contributed by atoms with Gasteiger partial charge in [0, 0.05) is 0 Å². The molecule has 0 fully saturated rings. The van der Waals surface area contributed by atoms with Gasteiger partial charge in [-0.25, -0.2) is 4.98 Å². The van der Waals surface area contributed by atoms with E-state index in [1.165, 1.54) is 10.9 Å². The van der Waals surface area contributed by atoms with E-state index in [1.807, 2.05) is 13.0 Å². The molecule has 82 valence electrons. The first kappa shape index (κ1) is 10.4. The van der Waals surface area contributed by atoms with Crippen LogP contribution in [0.25, 0.3) is 10.9 Å². The van der Waals surface area contributed by atoms with Crippen LogP contribution in [0.3, 0.4) is 0 Å². The molecule has 0 spiro atoms. The smallest absolute Gasteiger partial charge is 0.261 e. The lowest BCUT2D eigenvalue weighted by Gasteiger charge is -2.05. The second-order valence-electron chi connectivity index (χ2n) is 3.62. The van der Waals surface area contributed by atoms with Crippen LogP contribution in [0.4, 0.5) is 0 Å². The molecule has 2 aromatic rings. The number of fused-ring (bicyclic) bond motifs is 1. The lowest BCUT2D eigenvalue weighted by molar-refractivity contribution is -0.118. The molecule has 16 heavy (non-hydrogen) atoms. The van der Waals surface area contributed by atoms with Crippen LogP contribution in [0.2, 0.25) is 0 Å². The number of amides is 1. The van der Waals surface area contributed by atoms with Gasteiger partial charge in [0.05, 0.1) is 17.2 Å². The Morgan fingerprint density at radius 2 is 2.25 bits per heavy atom. The van der Waals surface area contributed by atoms with Crippen molar-refractivity contribution < 1.29 is 4.79 Å². The molecular weight excluding hydrogens is 206 g/mol. The fourth-order valence-corrected chi connectivity index (χ4v) is 1.62. The number of carbonyl (C=O) groups is 1. The Hall–Kier alpha value is -2.17. The van der Waals surface area contributed by atoms with Gasteiger partial charge in [-0.3, -0.25) is 14.2 Å². The molecule has 5 heteroatoms. The average Bonchev–Trinajstić information content (AvgIpc) is 2.23. The van der Waals surface area contributed by atoms with E-state index in [0.717, 1.165) is 5.56 Å². The highest BCUT2D eigenvalue weighted by atomic mass is 16.2. The quantitative estimate of drug-likeness (QED) is 0.780. The maximum absolute atomic E-state index is 11.9. The first-order valence-electron chi connectivity index (χ1n) is 4.82. The lowest BCUT2D eigenvalue weighted by atomic mass is 10.1. The molecule has 0 aliphatic heterocycles. The molecule has 1 heterocycles. The summed E-state index contributed by atoms with van der Waals surface area (Å²) in [6.07, 6.45) is 1.35. The van der Waals surface area contributed by atoms with Crippen molar-refractivity contribution in [2.75, 3.05) is 0 Å². The molecule has 2 N–H and O–H groups in total. The molecule has 0 saturated heterocycles. The molecule has 0 aliphatic rings. The molecule has 0 radical (unpaired) electrons. The Morgan fingerprint density at radius 3 is 2.94 bits per heavy atom. The van der Waals surface area contributed by atoms with Crippen LogP contribution in [0.5, 0.6) is 0 Å². The van der Waals surface area contributed by atoms with Crippen LogP contribution in [0.15, 0.2) is 29.3 Å². The first-order valence-corrected chi connectivity index (χ1v) is 4.82. The third-order valence-electron chi connectivity index (χ3n) is 2.38. The predicted octanol–water partition coefficient (Wildman–Crippen LogP) is 0.190. The molecular formula is C11H11N3O2. The number of carbonyl (C=O) groups excluding carboxylic acids is 1. The summed E-state index contributed by atoms with van der Waals surface area (Å²) in [4.78, 5) is 26.8. The zero-order valence-corrected chi connectivity index (χ0v) is 8.80. The van der Waals surface area contributed by atoms with Gasteiger partial charge in [-0.1, -0.05) is 12.1 Å². The predicted molar refractivity (Wildman–Crippen MR) is 59.9 cm³/mol. The molecule has 0 aliphatic carbocycles. The van der Waals surface area contributed by atoms with E-state index in [2.05, 4.69) is 4.98 Å². The highest BCUT2D eigenvalue weighted by Crippen LogP contribution is 2.10. The molecule has 0 atom stereocenters. The number of aryl methyl sites for hydroxylation is 1. The van der Waals surface area contributed by atoms with Crippen molar-refractivity contribution in [1.29, 1.82) is 0 Å². The van der Waals surface area contributed by atoms with Crippen molar-refractivity contribution in [2.45, 2.75) is 13.5 Å². The van der Waals surface area contributed by atoms with Gasteiger partial charge in [-0.05, 0) is 18.6 Å². The molecule has 2 rings (SSSR count). The van der Waals surface area contributed by atoms with Gasteiger partial charge in [-0.15, -0.1) is 0 Å². The highest BCUT2D eigenvalue weighted by Gasteiger charge is 2.06. The van der Waals surface area contributed by atoms with E-state index >= 15 is 0 Å². The zero-order valence-electron chi connectivity index (χ0n) is 8.80. The summed E-state index contributed by atoms with van der Waals surface area (Å²) in [6.45, 7) is 1.74. The Balaban J connectivity index is 2.71. The highest BCUT2D eigenvalue weighted by molar-refractivity contribution is 5.81. The number of primary amides is 1. The Labute approximate surface area is 91.5 Å². The van der Waals surface area contributed by atoms with Crippen LogP contribution in [0, 0.1) is 6.92 Å². The number of aromatic nitrogens is 2. The van der Waals surface area contributed by atoms with Gasteiger partial charge >= 0.3 is 0 Å². The van der Waals surface area contributed by atoms with Crippen molar-refractivity contribution in [2.24, 2.45) is 5.73 Å². The summed E-state index contributed by atoms with van der Waals surface area (Å²) < 4.78 is 1.21. The molecule has 0 unspecified atom stereocenters. The minimum Gasteiger partial charge on any atom is -0.368 e. The number of para-hydroxylation sites is 1. The third-order valence-corrected chi connectivity index (χ3v) is 2.38. The third kappa shape index (κ3) is 1.67. The van der Waals surface area contributed by atoms with E-state index in [1.54, 1.807) is 12.1 Å². The Bertz CT molecular complexity index is 616. The standard InChI is InChI=1S/C11H11N3O2/c1-7-3-2-4-8-10(7)13-6-14(11(8)16)5-9(12)15/h2-4,6H,5H2,1H3,(H2,12,15). The number of hydrogen-bond donors (Lipinski definition) is 1. The lowest BCUT2D eigenvalue weighted by Crippen LogP contribution is -2.28.